The minimum atomic E-state index is -0.893. The molecule has 0 heterocycles. The predicted molar refractivity (Wildman–Crippen MR) is 86.3 cm³/mol. The van der Waals surface area contributed by atoms with Crippen molar-refractivity contribution in [1.82, 2.24) is 0 Å². The second-order valence-corrected chi connectivity index (χ2v) is 6.56. The van der Waals surface area contributed by atoms with Crippen molar-refractivity contribution in [2.24, 2.45) is 23.3 Å². The summed E-state index contributed by atoms with van der Waals surface area (Å²) in [6.45, 7) is 7.52. The highest BCUT2D eigenvalue weighted by Gasteiger charge is 2.23. The molecule has 0 amide bonds. The van der Waals surface area contributed by atoms with Crippen LogP contribution in [0, 0.1) is 11.8 Å². The lowest BCUT2D eigenvalue weighted by molar-refractivity contribution is -0.166. The van der Waals surface area contributed by atoms with Gasteiger partial charge in [-0.15, -0.1) is 0 Å². The van der Waals surface area contributed by atoms with Gasteiger partial charge < -0.3 is 20.9 Å². The molecule has 0 saturated carbocycles. The predicted octanol–water partition coefficient (Wildman–Crippen LogP) is 0.653. The molecule has 0 aromatic carbocycles. The van der Waals surface area contributed by atoms with E-state index in [4.69, 9.17) is 11.5 Å². The van der Waals surface area contributed by atoms with Crippen LogP contribution in [0.15, 0.2) is 0 Å². The molecule has 8 nitrogen and oxygen atoms in total. The van der Waals surface area contributed by atoms with E-state index in [-0.39, 0.29) is 24.7 Å². The summed E-state index contributed by atoms with van der Waals surface area (Å²) in [6.07, 6.45) is 0.00410. The maximum Gasteiger partial charge on any atom is 0.330 e. The van der Waals surface area contributed by atoms with Gasteiger partial charge in [0.2, 0.25) is 0 Å². The van der Waals surface area contributed by atoms with Gasteiger partial charge in [0.25, 0.3) is 0 Å². The normalized spacial score (nSPS) is 13.5. The average molecular weight is 344 g/mol. The van der Waals surface area contributed by atoms with E-state index in [9.17, 15) is 19.2 Å². The zero-order valence-corrected chi connectivity index (χ0v) is 14.7. The molecular weight excluding hydrogens is 316 g/mol. The zero-order valence-electron chi connectivity index (χ0n) is 14.7. The van der Waals surface area contributed by atoms with Crippen LogP contribution in [0.2, 0.25) is 0 Å². The van der Waals surface area contributed by atoms with E-state index >= 15 is 0 Å². The molecule has 0 aliphatic carbocycles. The van der Waals surface area contributed by atoms with Crippen LogP contribution in [0.25, 0.3) is 0 Å². The van der Waals surface area contributed by atoms with E-state index in [1.807, 2.05) is 27.7 Å². The lowest BCUT2D eigenvalue weighted by Crippen LogP contribution is -2.35. The van der Waals surface area contributed by atoms with Crippen LogP contribution in [0.3, 0.4) is 0 Å². The third-order valence-electron chi connectivity index (χ3n) is 3.02. The third kappa shape index (κ3) is 10.1. The first-order valence-electron chi connectivity index (χ1n) is 8.03. The van der Waals surface area contributed by atoms with Gasteiger partial charge in [0.05, 0.1) is 12.8 Å². The van der Waals surface area contributed by atoms with Crippen LogP contribution in [-0.4, -0.2) is 36.0 Å². The molecule has 0 aliphatic rings. The Morgan fingerprint density at radius 2 is 1.00 bits per heavy atom. The van der Waals surface area contributed by atoms with E-state index in [0.717, 1.165) is 0 Å². The minimum Gasteiger partial charge on any atom is -0.392 e. The summed E-state index contributed by atoms with van der Waals surface area (Å²) in [5.74, 6) is -3.10. The van der Waals surface area contributed by atoms with Gasteiger partial charge in [0, 0.05) is 0 Å². The summed E-state index contributed by atoms with van der Waals surface area (Å²) in [5.41, 5.74) is 11.2. The topological polar surface area (TPSA) is 139 Å². The first-order valence-corrected chi connectivity index (χ1v) is 8.03. The molecule has 8 heteroatoms. The summed E-state index contributed by atoms with van der Waals surface area (Å²) in [6, 6.07) is -1.78. The van der Waals surface area contributed by atoms with Gasteiger partial charge >= 0.3 is 23.9 Å². The Kier molecular flexibility index (Phi) is 10.1. The first-order chi connectivity index (χ1) is 11.0. The molecular formula is C16H28N2O6. The molecule has 0 aromatic rings. The highest BCUT2D eigenvalue weighted by molar-refractivity contribution is 5.92. The Morgan fingerprint density at radius 1 is 0.708 bits per heavy atom. The fraction of sp³-hybridized carbons (Fsp3) is 0.750. The Balaban J connectivity index is 4.16. The lowest BCUT2D eigenvalue weighted by atomic mass is 10.1. The summed E-state index contributed by atoms with van der Waals surface area (Å²) in [5, 5.41) is 0. The maximum atomic E-state index is 11.5. The Labute approximate surface area is 142 Å². The molecule has 2 atom stereocenters. The SMILES string of the molecule is CC(C)CC(N)C(=O)OC(=O)CCC(=O)OC(=O)C(N)CC(C)C. The van der Waals surface area contributed by atoms with Crippen LogP contribution in [0.1, 0.15) is 53.4 Å². The van der Waals surface area contributed by atoms with Gasteiger partial charge in [-0.05, 0) is 24.7 Å². The van der Waals surface area contributed by atoms with Crippen LogP contribution in [0.4, 0.5) is 0 Å². The number of ether oxygens (including phenoxy) is 2. The molecule has 24 heavy (non-hydrogen) atoms. The molecule has 0 aliphatic heterocycles. The number of carbonyl (C=O) groups is 4. The molecule has 0 radical (unpaired) electrons. The van der Waals surface area contributed by atoms with Crippen molar-refractivity contribution in [2.75, 3.05) is 0 Å². The number of rotatable bonds is 9. The molecule has 0 rings (SSSR count). The Hall–Kier alpha value is -1.80. The quantitative estimate of drug-likeness (QED) is 0.459. The number of hydrogen-bond acceptors (Lipinski definition) is 8. The van der Waals surface area contributed by atoms with Crippen molar-refractivity contribution in [3.63, 3.8) is 0 Å². The summed E-state index contributed by atoms with van der Waals surface area (Å²) < 4.78 is 9.10. The third-order valence-corrected chi connectivity index (χ3v) is 3.02. The molecule has 4 N–H and O–H groups in total. The largest absolute Gasteiger partial charge is 0.392 e. The molecule has 0 saturated heterocycles. The number of carbonyl (C=O) groups excluding carboxylic acids is 4. The van der Waals surface area contributed by atoms with Crippen molar-refractivity contribution in [3.05, 3.63) is 0 Å². The molecule has 0 bridgehead atoms. The van der Waals surface area contributed by atoms with Gasteiger partial charge in [-0.2, -0.15) is 0 Å². The van der Waals surface area contributed by atoms with Gasteiger partial charge in [0.1, 0.15) is 12.1 Å². The number of nitrogens with two attached hydrogens (primary N) is 2. The molecule has 138 valence electrons. The molecule has 0 aromatic heterocycles. The fourth-order valence-electron chi connectivity index (χ4n) is 1.89. The Morgan fingerprint density at radius 3 is 1.25 bits per heavy atom. The van der Waals surface area contributed by atoms with Crippen LogP contribution in [-0.2, 0) is 28.7 Å². The average Bonchev–Trinajstić information content (AvgIpc) is 2.43. The molecule has 2 unspecified atom stereocenters. The van der Waals surface area contributed by atoms with E-state index in [0.29, 0.717) is 12.8 Å². The van der Waals surface area contributed by atoms with Gasteiger partial charge in [-0.3, -0.25) is 9.59 Å². The van der Waals surface area contributed by atoms with Crippen LogP contribution in [0.5, 0.6) is 0 Å². The van der Waals surface area contributed by atoms with E-state index < -0.39 is 36.0 Å². The fourth-order valence-corrected chi connectivity index (χ4v) is 1.89. The van der Waals surface area contributed by atoms with Crippen molar-refractivity contribution in [3.8, 4) is 0 Å². The highest BCUT2D eigenvalue weighted by Crippen LogP contribution is 2.07. The standard InChI is InChI=1S/C16H28N2O6/c1-9(2)7-11(17)15(21)23-13(19)5-6-14(20)24-16(22)12(18)8-10(3)4/h9-12H,5-8,17-18H2,1-4H3. The highest BCUT2D eigenvalue weighted by atomic mass is 16.6. The van der Waals surface area contributed by atoms with E-state index in [2.05, 4.69) is 9.47 Å². The van der Waals surface area contributed by atoms with Crippen molar-refractivity contribution in [1.29, 1.82) is 0 Å². The minimum absolute atomic E-state index is 0.179. The number of esters is 4. The van der Waals surface area contributed by atoms with E-state index in [1.54, 1.807) is 0 Å². The molecule has 0 fully saturated rings. The van der Waals surface area contributed by atoms with Gasteiger partial charge in [-0.25, -0.2) is 9.59 Å². The zero-order chi connectivity index (χ0) is 18.9. The Bertz CT molecular complexity index is 419. The summed E-state index contributed by atoms with van der Waals surface area (Å²) in [7, 11) is 0. The van der Waals surface area contributed by atoms with Crippen molar-refractivity contribution < 1.29 is 28.7 Å². The second kappa shape index (κ2) is 10.9. The second-order valence-electron chi connectivity index (χ2n) is 6.56. The van der Waals surface area contributed by atoms with Gasteiger partial charge in [0.15, 0.2) is 0 Å². The van der Waals surface area contributed by atoms with Crippen LogP contribution < -0.4 is 11.5 Å². The lowest BCUT2D eigenvalue weighted by Gasteiger charge is -2.13. The molecule has 0 spiro atoms. The monoisotopic (exact) mass is 344 g/mol. The summed E-state index contributed by atoms with van der Waals surface area (Å²) in [4.78, 5) is 46.1. The van der Waals surface area contributed by atoms with Crippen molar-refractivity contribution >= 4 is 23.9 Å². The van der Waals surface area contributed by atoms with Crippen molar-refractivity contribution in [2.45, 2.75) is 65.5 Å². The smallest absolute Gasteiger partial charge is 0.330 e. The number of hydrogen-bond donors (Lipinski definition) is 2. The van der Waals surface area contributed by atoms with Gasteiger partial charge in [-0.1, -0.05) is 27.7 Å². The first kappa shape index (κ1) is 22.2. The van der Waals surface area contributed by atoms with Crippen LogP contribution >= 0.6 is 0 Å². The van der Waals surface area contributed by atoms with E-state index in [1.165, 1.54) is 0 Å². The maximum absolute atomic E-state index is 11.5. The summed E-state index contributed by atoms with van der Waals surface area (Å²) >= 11 is 0.